The molecule has 0 spiro atoms. The maximum Gasteiger partial charge on any atom is 0.338 e. The molecule has 2 aliphatic heterocycles. The summed E-state index contributed by atoms with van der Waals surface area (Å²) in [6, 6.07) is 8.28. The van der Waals surface area contributed by atoms with E-state index in [4.69, 9.17) is 13.9 Å². The Hall–Kier alpha value is -4.08. The van der Waals surface area contributed by atoms with Crippen LogP contribution in [0.25, 0.3) is 0 Å². The van der Waals surface area contributed by atoms with E-state index < -0.39 is 24.0 Å². The van der Waals surface area contributed by atoms with Crippen molar-refractivity contribution < 1.29 is 33.1 Å². The zero-order valence-corrected chi connectivity index (χ0v) is 18.0. The number of furan rings is 1. The Labute approximate surface area is 189 Å². The summed E-state index contributed by atoms with van der Waals surface area (Å²) in [6.07, 6.45) is 2.74. The Morgan fingerprint density at radius 2 is 1.91 bits per heavy atom. The zero-order chi connectivity index (χ0) is 23.4. The van der Waals surface area contributed by atoms with Crippen LogP contribution in [0.3, 0.4) is 0 Å². The molecule has 1 aromatic carbocycles. The summed E-state index contributed by atoms with van der Waals surface area (Å²) in [6.45, 7) is 2.08. The predicted octanol–water partition coefficient (Wildman–Crippen LogP) is 2.43. The Bertz CT molecular complexity index is 1090. The van der Waals surface area contributed by atoms with Crippen LogP contribution in [0.1, 0.15) is 41.9 Å². The third-order valence-electron chi connectivity index (χ3n) is 5.31. The average molecular weight is 453 g/mol. The molecule has 3 heterocycles. The fourth-order valence-corrected chi connectivity index (χ4v) is 3.77. The Balaban J connectivity index is 1.52. The number of ether oxygens (including phenoxy) is 2. The molecule has 0 bridgehead atoms. The monoisotopic (exact) mass is 453 g/mol. The van der Waals surface area contributed by atoms with Crippen molar-refractivity contribution >= 4 is 29.6 Å². The number of amides is 3. The molecule has 1 fully saturated rings. The highest BCUT2D eigenvalue weighted by atomic mass is 16.5. The minimum atomic E-state index is -0.890. The van der Waals surface area contributed by atoms with Crippen molar-refractivity contribution in [3.63, 3.8) is 0 Å². The molecule has 2 aliphatic rings. The molecule has 10 heteroatoms. The van der Waals surface area contributed by atoms with Gasteiger partial charge >= 0.3 is 18.0 Å². The molecule has 172 valence electrons. The predicted molar refractivity (Wildman–Crippen MR) is 115 cm³/mol. The second-order valence-corrected chi connectivity index (χ2v) is 7.43. The van der Waals surface area contributed by atoms with Crippen molar-refractivity contribution in [2.75, 3.05) is 24.7 Å². The lowest BCUT2D eigenvalue weighted by Crippen LogP contribution is -2.47. The normalized spacial score (nSPS) is 18.1. The summed E-state index contributed by atoms with van der Waals surface area (Å²) in [7, 11) is 0. The van der Waals surface area contributed by atoms with Gasteiger partial charge in [-0.2, -0.15) is 0 Å². The molecular formula is C23H23N3O7. The van der Waals surface area contributed by atoms with E-state index in [1.807, 2.05) is 0 Å². The number of benzene rings is 1. The summed E-state index contributed by atoms with van der Waals surface area (Å²) in [5.74, 6) is -0.926. The van der Waals surface area contributed by atoms with E-state index in [1.54, 1.807) is 48.2 Å². The number of nitrogens with zero attached hydrogens (tertiary/aromatic N) is 1. The van der Waals surface area contributed by atoms with Crippen molar-refractivity contribution in [3.05, 3.63) is 65.3 Å². The van der Waals surface area contributed by atoms with Crippen LogP contribution in [0.15, 0.2) is 58.3 Å². The molecule has 1 atom stereocenters. The molecule has 2 N–H and O–H groups in total. The molecule has 3 amide bonds. The van der Waals surface area contributed by atoms with E-state index in [1.165, 1.54) is 6.26 Å². The van der Waals surface area contributed by atoms with E-state index in [-0.39, 0.29) is 36.0 Å². The number of carbonyl (C=O) groups excluding carboxylic acids is 4. The quantitative estimate of drug-likeness (QED) is 0.617. The van der Waals surface area contributed by atoms with Gasteiger partial charge in [0.1, 0.15) is 18.4 Å². The molecule has 4 rings (SSSR count). The van der Waals surface area contributed by atoms with Crippen LogP contribution in [-0.2, 0) is 19.1 Å². The molecule has 0 saturated carbocycles. The van der Waals surface area contributed by atoms with E-state index in [9.17, 15) is 19.2 Å². The summed E-state index contributed by atoms with van der Waals surface area (Å²) >= 11 is 0. The number of urea groups is 1. The lowest BCUT2D eigenvalue weighted by Gasteiger charge is -2.27. The van der Waals surface area contributed by atoms with Crippen LogP contribution in [0.5, 0.6) is 0 Å². The van der Waals surface area contributed by atoms with Gasteiger partial charge in [-0.1, -0.05) is 0 Å². The van der Waals surface area contributed by atoms with Crippen LogP contribution in [0.4, 0.5) is 10.5 Å². The molecule has 2 aromatic rings. The second kappa shape index (κ2) is 9.60. The van der Waals surface area contributed by atoms with E-state index in [0.717, 1.165) is 6.42 Å². The number of carbonyl (C=O) groups is 4. The Kier molecular flexibility index (Phi) is 6.43. The van der Waals surface area contributed by atoms with Crippen molar-refractivity contribution in [1.29, 1.82) is 0 Å². The first-order valence-corrected chi connectivity index (χ1v) is 10.6. The van der Waals surface area contributed by atoms with Crippen LogP contribution >= 0.6 is 0 Å². The largest absolute Gasteiger partial charge is 0.467 e. The number of esters is 2. The van der Waals surface area contributed by atoms with E-state index in [0.29, 0.717) is 24.4 Å². The first-order valence-electron chi connectivity index (χ1n) is 10.6. The van der Waals surface area contributed by atoms with Gasteiger partial charge in [0.25, 0.3) is 0 Å². The molecular weight excluding hydrogens is 430 g/mol. The number of hydrogen-bond donors (Lipinski definition) is 2. The summed E-state index contributed by atoms with van der Waals surface area (Å²) in [4.78, 5) is 51.0. The van der Waals surface area contributed by atoms with E-state index in [2.05, 4.69) is 10.6 Å². The van der Waals surface area contributed by atoms with Gasteiger partial charge in [0.05, 0.1) is 29.7 Å². The number of nitrogens with one attached hydrogen (secondary N) is 2. The Morgan fingerprint density at radius 3 is 2.55 bits per heavy atom. The first kappa shape index (κ1) is 22.1. The van der Waals surface area contributed by atoms with Crippen molar-refractivity contribution in [1.82, 2.24) is 10.6 Å². The number of hydrogen-bond acceptors (Lipinski definition) is 7. The average Bonchev–Trinajstić information content (AvgIpc) is 3.49. The molecule has 1 saturated heterocycles. The van der Waals surface area contributed by atoms with Crippen molar-refractivity contribution in [2.24, 2.45) is 0 Å². The lowest BCUT2D eigenvalue weighted by molar-refractivity contribution is -0.139. The van der Waals surface area contributed by atoms with Crippen LogP contribution < -0.4 is 15.5 Å². The molecule has 33 heavy (non-hydrogen) atoms. The summed E-state index contributed by atoms with van der Waals surface area (Å²) < 4.78 is 15.9. The third kappa shape index (κ3) is 4.74. The van der Waals surface area contributed by atoms with Crippen LogP contribution in [0, 0.1) is 0 Å². The van der Waals surface area contributed by atoms with Crippen molar-refractivity contribution in [2.45, 2.75) is 25.8 Å². The van der Waals surface area contributed by atoms with Gasteiger partial charge in [0, 0.05) is 18.7 Å². The fourth-order valence-electron chi connectivity index (χ4n) is 3.77. The van der Waals surface area contributed by atoms with Gasteiger partial charge < -0.3 is 29.4 Å². The van der Waals surface area contributed by atoms with Gasteiger partial charge in [0.2, 0.25) is 5.91 Å². The maximum absolute atomic E-state index is 12.6. The zero-order valence-electron chi connectivity index (χ0n) is 18.0. The third-order valence-corrected chi connectivity index (χ3v) is 5.31. The standard InChI is InChI=1S/C23H23N3O7/c1-2-31-22(29)19-16(24-23(30)25-20(19)17-5-4-12-32-17)13-33-21(28)14-7-9-15(10-8-14)26-11-3-6-18(26)27/h4-5,7-10,12,20H,2-3,6,11,13H2,1H3,(H2,24,25,30). The summed E-state index contributed by atoms with van der Waals surface area (Å²) in [5, 5.41) is 5.14. The van der Waals surface area contributed by atoms with E-state index >= 15 is 0 Å². The van der Waals surface area contributed by atoms with Crippen LogP contribution in [0.2, 0.25) is 0 Å². The van der Waals surface area contributed by atoms with Crippen LogP contribution in [-0.4, -0.2) is 43.6 Å². The summed E-state index contributed by atoms with van der Waals surface area (Å²) in [5.41, 5.74) is 1.17. The molecule has 0 radical (unpaired) electrons. The van der Waals surface area contributed by atoms with Gasteiger partial charge in [-0.15, -0.1) is 0 Å². The first-order chi connectivity index (χ1) is 16.0. The van der Waals surface area contributed by atoms with Crippen molar-refractivity contribution in [3.8, 4) is 0 Å². The highest BCUT2D eigenvalue weighted by Crippen LogP contribution is 2.28. The Morgan fingerprint density at radius 1 is 1.12 bits per heavy atom. The smallest absolute Gasteiger partial charge is 0.338 e. The highest BCUT2D eigenvalue weighted by Gasteiger charge is 2.35. The highest BCUT2D eigenvalue weighted by molar-refractivity contribution is 5.97. The minimum absolute atomic E-state index is 0.0523. The molecule has 0 aliphatic carbocycles. The fraction of sp³-hybridized carbons (Fsp3) is 0.304. The lowest BCUT2D eigenvalue weighted by atomic mass is 10.0. The molecule has 10 nitrogen and oxygen atoms in total. The second-order valence-electron chi connectivity index (χ2n) is 7.43. The molecule has 1 unspecified atom stereocenters. The van der Waals surface area contributed by atoms with Gasteiger partial charge in [-0.25, -0.2) is 14.4 Å². The molecule has 1 aromatic heterocycles. The minimum Gasteiger partial charge on any atom is -0.467 e. The van der Waals surface area contributed by atoms with Gasteiger partial charge in [-0.3, -0.25) is 4.79 Å². The number of rotatable bonds is 7. The maximum atomic E-state index is 12.6. The van der Waals surface area contributed by atoms with Gasteiger partial charge in [-0.05, 0) is 49.7 Å². The number of anilines is 1. The van der Waals surface area contributed by atoms with Gasteiger partial charge in [0.15, 0.2) is 0 Å². The topological polar surface area (TPSA) is 127 Å². The SMILES string of the molecule is CCOC(=O)C1=C(COC(=O)c2ccc(N3CCCC3=O)cc2)NC(=O)NC1c1ccco1.